The number of aromatic nitrogens is 2. The van der Waals surface area contributed by atoms with Crippen LogP contribution in [0.5, 0.6) is 0 Å². The molecule has 0 aromatic carbocycles. The minimum atomic E-state index is -1.05. The van der Waals surface area contributed by atoms with Crippen LogP contribution in [-0.2, 0) is 4.74 Å². The summed E-state index contributed by atoms with van der Waals surface area (Å²) in [6.45, 7) is 6.11. The molecule has 1 aromatic heterocycles. The van der Waals surface area contributed by atoms with E-state index in [-0.39, 0.29) is 5.69 Å². The van der Waals surface area contributed by atoms with Crippen LogP contribution in [0.2, 0.25) is 0 Å². The first-order valence-corrected chi connectivity index (χ1v) is 5.84. The molecule has 0 aliphatic carbocycles. The third kappa shape index (κ3) is 4.29. The van der Waals surface area contributed by atoms with Crippen molar-refractivity contribution < 1.29 is 14.6 Å². The molecule has 0 radical (unpaired) electrons. The second kappa shape index (κ2) is 6.90. The van der Waals surface area contributed by atoms with Crippen molar-refractivity contribution in [1.82, 2.24) is 9.97 Å². The van der Waals surface area contributed by atoms with E-state index in [9.17, 15) is 4.79 Å². The molecule has 18 heavy (non-hydrogen) atoms. The van der Waals surface area contributed by atoms with Crippen LogP contribution >= 0.6 is 0 Å². The first kappa shape index (κ1) is 14.4. The Morgan fingerprint density at radius 3 is 2.83 bits per heavy atom. The fraction of sp³-hybridized carbons (Fsp3) is 0.583. The summed E-state index contributed by atoms with van der Waals surface area (Å²) in [5.41, 5.74) is 0.00572. The summed E-state index contributed by atoms with van der Waals surface area (Å²) in [6, 6.07) is 1.38. The largest absolute Gasteiger partial charge is 0.477 e. The van der Waals surface area contributed by atoms with Crippen molar-refractivity contribution >= 4 is 11.9 Å². The zero-order valence-corrected chi connectivity index (χ0v) is 11.0. The van der Waals surface area contributed by atoms with Crippen LogP contribution in [-0.4, -0.2) is 47.8 Å². The predicted molar refractivity (Wildman–Crippen MR) is 67.9 cm³/mol. The number of carboxylic acids is 1. The molecule has 0 bridgehead atoms. The van der Waals surface area contributed by atoms with E-state index in [0.717, 1.165) is 6.54 Å². The third-order valence-corrected chi connectivity index (χ3v) is 2.30. The van der Waals surface area contributed by atoms with Gasteiger partial charge in [-0.1, -0.05) is 13.8 Å². The lowest BCUT2D eigenvalue weighted by atomic mass is 10.2. The summed E-state index contributed by atoms with van der Waals surface area (Å²) in [6.07, 6.45) is 1.46. The second-order valence-corrected chi connectivity index (χ2v) is 4.38. The predicted octanol–water partition coefficient (Wildman–Crippen LogP) is 1.28. The monoisotopic (exact) mass is 253 g/mol. The summed E-state index contributed by atoms with van der Waals surface area (Å²) in [5.74, 6) is -0.186. The first-order chi connectivity index (χ1) is 8.54. The molecule has 1 rings (SSSR count). The van der Waals surface area contributed by atoms with E-state index in [1.165, 1.54) is 12.3 Å². The standard InChI is InChI=1S/C12H19N3O3/c1-9(2)8-15(6-7-18-3)12-13-5-4-10(14-12)11(16)17/h4-5,9H,6-8H2,1-3H3,(H,16,17). The Kier molecular flexibility index (Phi) is 5.51. The number of aromatic carboxylic acids is 1. The summed E-state index contributed by atoms with van der Waals surface area (Å²) < 4.78 is 5.04. The molecule has 100 valence electrons. The van der Waals surface area contributed by atoms with Crippen molar-refractivity contribution in [2.75, 3.05) is 31.7 Å². The summed E-state index contributed by atoms with van der Waals surface area (Å²) in [7, 11) is 1.63. The number of hydrogen-bond acceptors (Lipinski definition) is 5. The van der Waals surface area contributed by atoms with E-state index in [0.29, 0.717) is 25.0 Å². The maximum atomic E-state index is 10.9. The van der Waals surface area contributed by atoms with Crippen LogP contribution < -0.4 is 4.90 Å². The van der Waals surface area contributed by atoms with Crippen molar-refractivity contribution in [3.63, 3.8) is 0 Å². The molecule has 1 heterocycles. The van der Waals surface area contributed by atoms with E-state index in [1.54, 1.807) is 7.11 Å². The second-order valence-electron chi connectivity index (χ2n) is 4.38. The van der Waals surface area contributed by atoms with E-state index >= 15 is 0 Å². The highest BCUT2D eigenvalue weighted by Crippen LogP contribution is 2.10. The molecule has 0 aliphatic heterocycles. The number of anilines is 1. The normalized spacial score (nSPS) is 10.7. The Morgan fingerprint density at radius 2 is 2.28 bits per heavy atom. The lowest BCUT2D eigenvalue weighted by molar-refractivity contribution is 0.0690. The summed E-state index contributed by atoms with van der Waals surface area (Å²) in [5, 5.41) is 8.92. The van der Waals surface area contributed by atoms with Gasteiger partial charge in [0.25, 0.3) is 0 Å². The molecular weight excluding hydrogens is 234 g/mol. The quantitative estimate of drug-likeness (QED) is 0.789. The van der Waals surface area contributed by atoms with Gasteiger partial charge in [0.2, 0.25) is 5.95 Å². The summed E-state index contributed by atoms with van der Waals surface area (Å²) >= 11 is 0. The number of carbonyl (C=O) groups is 1. The molecule has 0 amide bonds. The molecule has 0 atom stereocenters. The fourth-order valence-electron chi connectivity index (χ4n) is 1.54. The average molecular weight is 253 g/mol. The molecule has 0 aliphatic rings. The molecule has 1 N–H and O–H groups in total. The minimum absolute atomic E-state index is 0.00572. The topological polar surface area (TPSA) is 75.5 Å². The van der Waals surface area contributed by atoms with Crippen LogP contribution in [0.3, 0.4) is 0 Å². The molecule has 6 heteroatoms. The zero-order chi connectivity index (χ0) is 13.5. The van der Waals surface area contributed by atoms with Gasteiger partial charge in [-0.05, 0) is 12.0 Å². The van der Waals surface area contributed by atoms with Gasteiger partial charge in [-0.15, -0.1) is 0 Å². The van der Waals surface area contributed by atoms with Gasteiger partial charge in [-0.2, -0.15) is 0 Å². The van der Waals surface area contributed by atoms with E-state index in [1.807, 2.05) is 4.90 Å². The molecule has 0 saturated heterocycles. The van der Waals surface area contributed by atoms with Gasteiger partial charge in [0.1, 0.15) is 0 Å². The highest BCUT2D eigenvalue weighted by molar-refractivity contribution is 5.85. The lowest BCUT2D eigenvalue weighted by Crippen LogP contribution is -2.32. The van der Waals surface area contributed by atoms with Gasteiger partial charge in [0.05, 0.1) is 6.61 Å². The van der Waals surface area contributed by atoms with E-state index in [2.05, 4.69) is 23.8 Å². The number of methoxy groups -OCH3 is 1. The Bertz CT molecular complexity index is 396. The first-order valence-electron chi connectivity index (χ1n) is 5.84. The van der Waals surface area contributed by atoms with Crippen molar-refractivity contribution in [2.45, 2.75) is 13.8 Å². The van der Waals surface area contributed by atoms with Crippen LogP contribution in [0.4, 0.5) is 5.95 Å². The molecule has 0 unspecified atom stereocenters. The van der Waals surface area contributed by atoms with Crippen molar-refractivity contribution in [2.24, 2.45) is 5.92 Å². The molecule has 1 aromatic rings. The van der Waals surface area contributed by atoms with Gasteiger partial charge >= 0.3 is 5.97 Å². The van der Waals surface area contributed by atoms with Crippen LogP contribution in [0.1, 0.15) is 24.3 Å². The maximum absolute atomic E-state index is 10.9. The highest BCUT2D eigenvalue weighted by atomic mass is 16.5. The van der Waals surface area contributed by atoms with E-state index < -0.39 is 5.97 Å². The summed E-state index contributed by atoms with van der Waals surface area (Å²) in [4.78, 5) is 21.0. The van der Waals surface area contributed by atoms with Crippen LogP contribution in [0.25, 0.3) is 0 Å². The lowest BCUT2D eigenvalue weighted by Gasteiger charge is -2.24. The van der Waals surface area contributed by atoms with Gasteiger partial charge < -0.3 is 14.7 Å². The minimum Gasteiger partial charge on any atom is -0.477 e. The fourth-order valence-corrected chi connectivity index (χ4v) is 1.54. The van der Waals surface area contributed by atoms with Crippen molar-refractivity contribution in [1.29, 1.82) is 0 Å². The number of hydrogen-bond donors (Lipinski definition) is 1. The molecule has 0 spiro atoms. The van der Waals surface area contributed by atoms with Gasteiger partial charge in [0, 0.05) is 26.4 Å². The maximum Gasteiger partial charge on any atom is 0.354 e. The van der Waals surface area contributed by atoms with Crippen LogP contribution in [0.15, 0.2) is 12.3 Å². The smallest absolute Gasteiger partial charge is 0.354 e. The van der Waals surface area contributed by atoms with Crippen LogP contribution in [0, 0.1) is 5.92 Å². The third-order valence-electron chi connectivity index (χ3n) is 2.30. The van der Waals surface area contributed by atoms with Gasteiger partial charge in [-0.25, -0.2) is 14.8 Å². The molecule has 0 fully saturated rings. The number of carboxylic acid groups (broad SMARTS) is 1. The number of nitrogens with zero attached hydrogens (tertiary/aromatic N) is 3. The Balaban J connectivity index is 2.89. The Hall–Kier alpha value is -1.69. The molecular formula is C12H19N3O3. The van der Waals surface area contributed by atoms with Crippen molar-refractivity contribution in [3.8, 4) is 0 Å². The molecule has 6 nitrogen and oxygen atoms in total. The Morgan fingerprint density at radius 1 is 1.56 bits per heavy atom. The highest BCUT2D eigenvalue weighted by Gasteiger charge is 2.13. The Labute approximate surface area is 107 Å². The van der Waals surface area contributed by atoms with Gasteiger partial charge in [-0.3, -0.25) is 0 Å². The average Bonchev–Trinajstić information content (AvgIpc) is 2.34. The van der Waals surface area contributed by atoms with Crippen molar-refractivity contribution in [3.05, 3.63) is 18.0 Å². The SMILES string of the molecule is COCCN(CC(C)C)c1nccc(C(=O)O)n1. The molecule has 0 saturated carbocycles. The number of ether oxygens (including phenoxy) is 1. The number of rotatable bonds is 7. The van der Waals surface area contributed by atoms with Gasteiger partial charge in [0.15, 0.2) is 5.69 Å². The zero-order valence-electron chi connectivity index (χ0n) is 11.0. The van der Waals surface area contributed by atoms with E-state index in [4.69, 9.17) is 9.84 Å².